The van der Waals surface area contributed by atoms with Crippen molar-refractivity contribution in [2.24, 2.45) is 17.6 Å². The predicted molar refractivity (Wildman–Crippen MR) is 90.5 cm³/mol. The highest BCUT2D eigenvalue weighted by Crippen LogP contribution is 2.35. The van der Waals surface area contributed by atoms with Gasteiger partial charge in [-0.3, -0.25) is 4.79 Å². The number of nitrogens with one attached hydrogen (secondary N) is 1. The normalized spacial score (nSPS) is 27.0. The molecule has 140 valence electrons. The molecule has 7 nitrogen and oxygen atoms in total. The lowest BCUT2D eigenvalue weighted by Crippen LogP contribution is -2.42. The van der Waals surface area contributed by atoms with Crippen molar-refractivity contribution in [3.05, 3.63) is 0 Å². The number of carboxylic acids is 1. The van der Waals surface area contributed by atoms with E-state index < -0.39 is 29.7 Å². The van der Waals surface area contributed by atoms with Gasteiger partial charge in [0, 0.05) is 12.0 Å². The average Bonchev–Trinajstić information content (AvgIpc) is 2.73. The fraction of sp³-hybridized carbons (Fsp3) is 0.882. The minimum absolute atomic E-state index is 0.225. The van der Waals surface area contributed by atoms with Gasteiger partial charge in [-0.2, -0.15) is 0 Å². The predicted octanol–water partition coefficient (Wildman–Crippen LogP) is 1.87. The van der Waals surface area contributed by atoms with E-state index in [0.29, 0.717) is 13.0 Å². The number of aliphatic hydroxyl groups is 1. The molecular weight excluding hydrogens is 312 g/mol. The molecule has 0 aromatic heterocycles. The molecule has 0 heterocycles. The summed E-state index contributed by atoms with van der Waals surface area (Å²) in [5.74, 6) is -2.14. The third kappa shape index (κ3) is 6.65. The third-order valence-electron chi connectivity index (χ3n) is 4.39. The maximum Gasteiger partial charge on any atom is 0.407 e. The van der Waals surface area contributed by atoms with Crippen LogP contribution in [0.4, 0.5) is 4.79 Å². The Kier molecular flexibility index (Phi) is 7.96. The van der Waals surface area contributed by atoms with Crippen LogP contribution >= 0.6 is 0 Å². The maximum absolute atomic E-state index is 12.0. The molecule has 0 bridgehead atoms. The van der Waals surface area contributed by atoms with E-state index in [2.05, 4.69) is 5.32 Å². The molecule has 0 aromatic rings. The number of rotatable bonds is 8. The zero-order valence-corrected chi connectivity index (χ0v) is 15.0. The molecule has 0 spiro atoms. The van der Waals surface area contributed by atoms with Crippen LogP contribution in [0.5, 0.6) is 0 Å². The number of ether oxygens (including phenoxy) is 1. The van der Waals surface area contributed by atoms with E-state index in [9.17, 15) is 19.8 Å². The zero-order chi connectivity index (χ0) is 18.3. The maximum atomic E-state index is 12.0. The smallest absolute Gasteiger partial charge is 0.407 e. The van der Waals surface area contributed by atoms with E-state index in [1.807, 2.05) is 0 Å². The number of nitrogens with two attached hydrogens (primary N) is 1. The van der Waals surface area contributed by atoms with Crippen molar-refractivity contribution >= 4 is 12.1 Å². The van der Waals surface area contributed by atoms with Crippen LogP contribution in [0.3, 0.4) is 0 Å². The SMILES string of the molecule is CC(C)(C)OC(=O)NC1CC(C(=O)O)C(O)C1CCCCCCN. The number of aliphatic carboxylic acids is 1. The summed E-state index contributed by atoms with van der Waals surface area (Å²) < 4.78 is 5.24. The van der Waals surface area contributed by atoms with Crippen molar-refractivity contribution in [3.8, 4) is 0 Å². The molecule has 1 fully saturated rings. The van der Waals surface area contributed by atoms with E-state index in [1.54, 1.807) is 20.8 Å². The molecule has 0 aliphatic heterocycles. The Morgan fingerprint density at radius 1 is 1.21 bits per heavy atom. The molecule has 1 amide bonds. The Morgan fingerprint density at radius 3 is 2.38 bits per heavy atom. The quantitative estimate of drug-likeness (QED) is 0.499. The standard InChI is InChI=1S/C17H32N2O5/c1-17(2,3)24-16(23)19-13-10-12(15(21)22)14(20)11(13)8-6-4-5-7-9-18/h11-14,20H,4-10,18H2,1-3H3,(H,19,23)(H,21,22). The summed E-state index contributed by atoms with van der Waals surface area (Å²) in [4.78, 5) is 23.3. The summed E-state index contributed by atoms with van der Waals surface area (Å²) in [6.07, 6.45) is 3.23. The van der Waals surface area contributed by atoms with Gasteiger partial charge in [-0.15, -0.1) is 0 Å². The van der Waals surface area contributed by atoms with Crippen LogP contribution in [-0.2, 0) is 9.53 Å². The van der Waals surface area contributed by atoms with Crippen molar-refractivity contribution < 1.29 is 24.5 Å². The lowest BCUT2D eigenvalue weighted by molar-refractivity contribution is -0.145. The van der Waals surface area contributed by atoms with Crippen molar-refractivity contribution in [1.82, 2.24) is 5.32 Å². The number of hydrogen-bond donors (Lipinski definition) is 4. The molecular formula is C17H32N2O5. The highest BCUT2D eigenvalue weighted by Gasteiger charge is 2.46. The zero-order valence-electron chi connectivity index (χ0n) is 15.0. The van der Waals surface area contributed by atoms with Crippen molar-refractivity contribution in [2.75, 3.05) is 6.54 Å². The topological polar surface area (TPSA) is 122 Å². The number of carbonyl (C=O) groups is 2. The van der Waals surface area contributed by atoms with E-state index >= 15 is 0 Å². The Labute approximate surface area is 143 Å². The molecule has 1 rings (SSSR count). The number of carboxylic acid groups (broad SMARTS) is 1. The van der Waals surface area contributed by atoms with Crippen LogP contribution in [0, 0.1) is 11.8 Å². The van der Waals surface area contributed by atoms with Gasteiger partial charge in [-0.1, -0.05) is 19.3 Å². The Morgan fingerprint density at radius 2 is 1.83 bits per heavy atom. The van der Waals surface area contributed by atoms with Crippen LogP contribution in [0.1, 0.15) is 59.3 Å². The molecule has 4 unspecified atom stereocenters. The first-order valence-corrected chi connectivity index (χ1v) is 8.76. The van der Waals surface area contributed by atoms with Crippen LogP contribution < -0.4 is 11.1 Å². The second-order valence-corrected chi connectivity index (χ2v) is 7.58. The van der Waals surface area contributed by atoms with E-state index in [4.69, 9.17) is 10.5 Å². The molecule has 5 N–H and O–H groups in total. The Balaban J connectivity index is 2.63. The second-order valence-electron chi connectivity index (χ2n) is 7.58. The average molecular weight is 344 g/mol. The van der Waals surface area contributed by atoms with Gasteiger partial charge < -0.3 is 26.0 Å². The summed E-state index contributed by atoms with van der Waals surface area (Å²) in [6, 6.07) is -0.384. The fourth-order valence-corrected chi connectivity index (χ4v) is 3.25. The summed E-state index contributed by atoms with van der Waals surface area (Å²) in [7, 11) is 0. The summed E-state index contributed by atoms with van der Waals surface area (Å²) in [6.45, 7) is 5.97. The van der Waals surface area contributed by atoms with Gasteiger partial charge in [0.2, 0.25) is 0 Å². The van der Waals surface area contributed by atoms with Crippen LogP contribution in [0.15, 0.2) is 0 Å². The molecule has 24 heavy (non-hydrogen) atoms. The van der Waals surface area contributed by atoms with Gasteiger partial charge in [0.05, 0.1) is 12.0 Å². The number of alkyl carbamates (subject to hydrolysis) is 1. The largest absolute Gasteiger partial charge is 0.481 e. The first-order chi connectivity index (χ1) is 11.2. The van der Waals surface area contributed by atoms with Gasteiger partial charge >= 0.3 is 12.1 Å². The van der Waals surface area contributed by atoms with Gasteiger partial charge in [-0.05, 0) is 46.6 Å². The van der Waals surface area contributed by atoms with E-state index in [0.717, 1.165) is 25.7 Å². The lowest BCUT2D eigenvalue weighted by atomic mass is 9.93. The van der Waals surface area contributed by atoms with Crippen molar-refractivity contribution in [2.45, 2.75) is 77.0 Å². The highest BCUT2D eigenvalue weighted by molar-refractivity contribution is 5.72. The number of carbonyl (C=O) groups excluding carboxylic acids is 1. The molecule has 0 saturated heterocycles. The lowest BCUT2D eigenvalue weighted by Gasteiger charge is -2.25. The number of hydrogen-bond acceptors (Lipinski definition) is 5. The molecule has 1 aliphatic rings. The van der Waals surface area contributed by atoms with E-state index in [1.165, 1.54) is 0 Å². The van der Waals surface area contributed by atoms with Gasteiger partial charge in [0.15, 0.2) is 0 Å². The van der Waals surface area contributed by atoms with Crippen molar-refractivity contribution in [3.63, 3.8) is 0 Å². The van der Waals surface area contributed by atoms with Gasteiger partial charge in [0.25, 0.3) is 0 Å². The molecule has 1 saturated carbocycles. The highest BCUT2D eigenvalue weighted by atomic mass is 16.6. The molecule has 0 aromatic carbocycles. The van der Waals surface area contributed by atoms with Crippen LogP contribution in [-0.4, -0.2) is 46.6 Å². The summed E-state index contributed by atoms with van der Waals surface area (Å²) in [5.41, 5.74) is 4.85. The summed E-state index contributed by atoms with van der Waals surface area (Å²) >= 11 is 0. The molecule has 0 radical (unpaired) electrons. The number of amides is 1. The Bertz CT molecular complexity index is 422. The molecule has 1 aliphatic carbocycles. The second kappa shape index (κ2) is 9.22. The van der Waals surface area contributed by atoms with Crippen LogP contribution in [0.2, 0.25) is 0 Å². The minimum Gasteiger partial charge on any atom is -0.481 e. The first kappa shape index (κ1) is 20.7. The minimum atomic E-state index is -1.02. The summed E-state index contributed by atoms with van der Waals surface area (Å²) in [5, 5.41) is 22.4. The third-order valence-corrected chi connectivity index (χ3v) is 4.39. The van der Waals surface area contributed by atoms with E-state index in [-0.39, 0.29) is 18.4 Å². The van der Waals surface area contributed by atoms with Crippen LogP contribution in [0.25, 0.3) is 0 Å². The monoisotopic (exact) mass is 344 g/mol. The molecule has 4 atom stereocenters. The first-order valence-electron chi connectivity index (χ1n) is 8.76. The van der Waals surface area contributed by atoms with Crippen molar-refractivity contribution in [1.29, 1.82) is 0 Å². The van der Waals surface area contributed by atoms with Gasteiger partial charge in [0.1, 0.15) is 5.60 Å². The number of unbranched alkanes of at least 4 members (excludes halogenated alkanes) is 3. The molecule has 7 heteroatoms. The fourth-order valence-electron chi connectivity index (χ4n) is 3.25. The Hall–Kier alpha value is -1.34. The number of aliphatic hydroxyl groups excluding tert-OH is 1. The van der Waals surface area contributed by atoms with Gasteiger partial charge in [-0.25, -0.2) is 4.79 Å².